The molecular weight excluding hydrogens is 340 g/mol. The molecule has 11 nitrogen and oxygen atoms in total. The molecule has 0 spiro atoms. The highest BCUT2D eigenvalue weighted by molar-refractivity contribution is 5.01. The van der Waals surface area contributed by atoms with Crippen molar-refractivity contribution in [3.05, 3.63) is 0 Å². The number of ether oxygens (including phenoxy) is 1. The smallest absolute Gasteiger partial charge is 0.142 e. The molecule has 0 radical (unpaired) electrons. The maximum atomic E-state index is 10.6. The summed E-state index contributed by atoms with van der Waals surface area (Å²) in [5.41, 5.74) is 17.4. The number of hydrogen-bond acceptors (Lipinski definition) is 11. The van der Waals surface area contributed by atoms with Crippen molar-refractivity contribution in [2.75, 3.05) is 46.1 Å². The summed E-state index contributed by atoms with van der Waals surface area (Å²) in [5, 5.41) is 30.9. The molecule has 3 aliphatic rings. The van der Waals surface area contributed by atoms with Gasteiger partial charge in [0.05, 0.1) is 25.0 Å². The first kappa shape index (κ1) is 20.3. The number of nitrogens with one attached hydrogen (secondary N) is 3. The van der Waals surface area contributed by atoms with Crippen molar-refractivity contribution in [2.24, 2.45) is 17.2 Å². The monoisotopic (exact) mass is 374 g/mol. The minimum atomic E-state index is -0.984. The largest absolute Gasteiger partial charge is 0.387 e. The lowest BCUT2D eigenvalue weighted by molar-refractivity contribution is -0.106. The third-order valence-electron chi connectivity index (χ3n) is 5.47. The van der Waals surface area contributed by atoms with E-state index in [1.54, 1.807) is 0 Å². The van der Waals surface area contributed by atoms with Gasteiger partial charge in [0.25, 0.3) is 0 Å². The second-order valence-electron chi connectivity index (χ2n) is 7.24. The Bertz CT molecular complexity index is 447. The van der Waals surface area contributed by atoms with E-state index in [-0.39, 0.29) is 18.4 Å². The maximum Gasteiger partial charge on any atom is 0.142 e. The predicted octanol–water partition coefficient (Wildman–Crippen LogP) is -4.96. The second-order valence-corrected chi connectivity index (χ2v) is 7.24. The van der Waals surface area contributed by atoms with Gasteiger partial charge < -0.3 is 32.2 Å². The lowest BCUT2D eigenvalue weighted by atomic mass is 10.1. The molecule has 3 saturated heterocycles. The van der Waals surface area contributed by atoms with E-state index < -0.39 is 24.5 Å². The van der Waals surface area contributed by atoms with Crippen molar-refractivity contribution in [1.82, 2.24) is 25.8 Å². The summed E-state index contributed by atoms with van der Waals surface area (Å²) in [6.45, 7) is 4.23. The van der Waals surface area contributed by atoms with Gasteiger partial charge >= 0.3 is 0 Å². The van der Waals surface area contributed by atoms with E-state index in [0.717, 1.165) is 13.0 Å². The lowest BCUT2D eigenvalue weighted by Gasteiger charge is -2.38. The summed E-state index contributed by atoms with van der Waals surface area (Å²) in [6, 6.07) is 0.00837. The average Bonchev–Trinajstić information content (AvgIpc) is 3.17. The second kappa shape index (κ2) is 9.17. The first-order valence-corrected chi connectivity index (χ1v) is 9.42. The van der Waals surface area contributed by atoms with Crippen molar-refractivity contribution >= 4 is 0 Å². The normalized spacial score (nSPS) is 41.1. The fourth-order valence-corrected chi connectivity index (χ4v) is 4.05. The quantitative estimate of drug-likeness (QED) is 0.205. The van der Waals surface area contributed by atoms with Crippen LogP contribution in [0.3, 0.4) is 0 Å². The molecule has 3 rings (SSSR count). The van der Waals surface area contributed by atoms with Crippen LogP contribution in [0.25, 0.3) is 0 Å². The summed E-state index contributed by atoms with van der Waals surface area (Å²) in [6.07, 6.45) is -2.40. The minimum absolute atomic E-state index is 0.00837. The Hall–Kier alpha value is -0.440. The third-order valence-corrected chi connectivity index (χ3v) is 5.47. The van der Waals surface area contributed by atoms with E-state index in [4.69, 9.17) is 21.9 Å². The van der Waals surface area contributed by atoms with Crippen LogP contribution in [0.5, 0.6) is 0 Å². The van der Waals surface area contributed by atoms with Crippen LogP contribution in [0.2, 0.25) is 0 Å². The van der Waals surface area contributed by atoms with Gasteiger partial charge in [0.2, 0.25) is 0 Å². The predicted molar refractivity (Wildman–Crippen MR) is 96.4 cm³/mol. The van der Waals surface area contributed by atoms with E-state index in [1.165, 1.54) is 0 Å². The van der Waals surface area contributed by atoms with Gasteiger partial charge in [0, 0.05) is 26.3 Å². The summed E-state index contributed by atoms with van der Waals surface area (Å²) in [5.74, 6) is 0. The highest BCUT2D eigenvalue weighted by atomic mass is 16.6. The number of nitrogens with two attached hydrogens (primary N) is 3. The molecule has 3 unspecified atom stereocenters. The summed E-state index contributed by atoms with van der Waals surface area (Å²) < 4.78 is 6.08. The van der Waals surface area contributed by atoms with Gasteiger partial charge in [-0.15, -0.1) is 0 Å². The van der Waals surface area contributed by atoms with E-state index in [0.29, 0.717) is 39.5 Å². The van der Waals surface area contributed by atoms with Crippen molar-refractivity contribution in [1.29, 1.82) is 0 Å². The van der Waals surface area contributed by atoms with E-state index in [9.17, 15) is 10.2 Å². The average molecular weight is 374 g/mol. The van der Waals surface area contributed by atoms with E-state index in [1.807, 2.05) is 4.90 Å². The number of nitrogens with zero attached hydrogens (tertiary/aromatic N) is 2. The SMILES string of the molecule is NCCCN(CCN)C[C@H]1O[C@@H](N2CNC3C(N)NCNC32)[C@H](O)[C@@H]1O. The fraction of sp³-hybridized carbons (Fsp3) is 1.00. The lowest BCUT2D eigenvalue weighted by Crippen LogP contribution is -2.68. The molecule has 11 N–H and O–H groups in total. The first-order valence-electron chi connectivity index (χ1n) is 9.42. The summed E-state index contributed by atoms with van der Waals surface area (Å²) in [7, 11) is 0. The Morgan fingerprint density at radius 1 is 1.08 bits per heavy atom. The molecule has 26 heavy (non-hydrogen) atoms. The van der Waals surface area contributed by atoms with E-state index in [2.05, 4.69) is 20.9 Å². The molecule has 3 fully saturated rings. The first-order chi connectivity index (χ1) is 12.6. The number of fused-ring (bicyclic) bond motifs is 1. The molecule has 11 heteroatoms. The summed E-state index contributed by atoms with van der Waals surface area (Å²) >= 11 is 0. The molecule has 0 bridgehead atoms. The molecule has 3 aliphatic heterocycles. The van der Waals surface area contributed by atoms with Crippen LogP contribution in [-0.4, -0.2) is 109 Å². The van der Waals surface area contributed by atoms with E-state index >= 15 is 0 Å². The zero-order valence-electron chi connectivity index (χ0n) is 15.1. The number of aliphatic hydroxyl groups excluding tert-OH is 2. The van der Waals surface area contributed by atoms with Crippen LogP contribution in [0.15, 0.2) is 0 Å². The molecule has 0 amide bonds. The molecule has 152 valence electrons. The Morgan fingerprint density at radius 2 is 1.88 bits per heavy atom. The highest BCUT2D eigenvalue weighted by Gasteiger charge is 2.51. The Balaban J connectivity index is 1.62. The van der Waals surface area contributed by atoms with Crippen LogP contribution in [0, 0.1) is 0 Å². The topological polar surface area (TPSA) is 170 Å². The molecule has 0 aliphatic carbocycles. The van der Waals surface area contributed by atoms with Gasteiger partial charge in [-0.3, -0.25) is 20.9 Å². The van der Waals surface area contributed by atoms with Crippen molar-refractivity contribution in [2.45, 2.75) is 49.3 Å². The number of rotatable bonds is 8. The Kier molecular flexibility index (Phi) is 7.16. The molecule has 0 aromatic rings. The van der Waals surface area contributed by atoms with Gasteiger partial charge in [0.1, 0.15) is 24.5 Å². The van der Waals surface area contributed by atoms with Gasteiger partial charge in [-0.05, 0) is 19.5 Å². The molecular formula is C15H34N8O3. The Labute approximate surface area is 154 Å². The van der Waals surface area contributed by atoms with Gasteiger partial charge in [-0.25, -0.2) is 4.90 Å². The van der Waals surface area contributed by atoms with Crippen LogP contribution < -0.4 is 33.2 Å². The molecule has 0 aromatic carbocycles. The number of aliphatic hydroxyl groups is 2. The highest BCUT2D eigenvalue weighted by Crippen LogP contribution is 2.28. The van der Waals surface area contributed by atoms with Crippen LogP contribution in [0.4, 0.5) is 0 Å². The zero-order valence-corrected chi connectivity index (χ0v) is 15.1. The van der Waals surface area contributed by atoms with Crippen LogP contribution >= 0.6 is 0 Å². The molecule has 7 atom stereocenters. The van der Waals surface area contributed by atoms with Crippen molar-refractivity contribution in [3.63, 3.8) is 0 Å². The van der Waals surface area contributed by atoms with Crippen LogP contribution in [0.1, 0.15) is 6.42 Å². The molecule has 3 heterocycles. The van der Waals surface area contributed by atoms with Crippen LogP contribution in [-0.2, 0) is 4.74 Å². The maximum absolute atomic E-state index is 10.6. The third kappa shape index (κ3) is 4.18. The standard InChI is InChI=1S/C15H34N8O3/c16-2-1-4-22(5-3-17)6-9-11(24)12(25)15(26-9)23-8-21-10-13(18)19-7-20-14(10)23/h9-15,19-21,24-25H,1-8,16-18H2/t9-,10?,11-,12-,13?,14?,15-/m1/s1. The zero-order chi connectivity index (χ0) is 18.7. The van der Waals surface area contributed by atoms with Gasteiger partial charge in [-0.1, -0.05) is 0 Å². The summed E-state index contributed by atoms with van der Waals surface area (Å²) in [4.78, 5) is 4.12. The minimum Gasteiger partial charge on any atom is -0.387 e. The number of hydrogen-bond donors (Lipinski definition) is 8. The van der Waals surface area contributed by atoms with Crippen molar-refractivity contribution < 1.29 is 14.9 Å². The van der Waals surface area contributed by atoms with Gasteiger partial charge in [0.15, 0.2) is 0 Å². The Morgan fingerprint density at radius 3 is 2.62 bits per heavy atom. The van der Waals surface area contributed by atoms with Crippen molar-refractivity contribution in [3.8, 4) is 0 Å². The molecule has 0 saturated carbocycles. The van der Waals surface area contributed by atoms with Gasteiger partial charge in [-0.2, -0.15) is 0 Å². The fourth-order valence-electron chi connectivity index (χ4n) is 4.05. The molecule has 0 aromatic heterocycles.